The number of rotatable bonds is 0. The fourth-order valence-corrected chi connectivity index (χ4v) is 3.64. The Morgan fingerprint density at radius 2 is 1.00 bits per heavy atom. The van der Waals surface area contributed by atoms with Crippen molar-refractivity contribution in [3.05, 3.63) is 48.8 Å². The van der Waals surface area contributed by atoms with Gasteiger partial charge < -0.3 is 14.2 Å². The van der Waals surface area contributed by atoms with Crippen LogP contribution in [0.4, 0.5) is 0 Å². The summed E-state index contributed by atoms with van der Waals surface area (Å²) in [5.74, 6) is 4.88. The minimum absolute atomic E-state index is 0.0849. The van der Waals surface area contributed by atoms with Gasteiger partial charge in [-0.25, -0.2) is 0 Å². The minimum Gasteiger partial charge on any atom is -0.458 e. The van der Waals surface area contributed by atoms with Crippen molar-refractivity contribution in [2.45, 2.75) is 0 Å². The third-order valence-corrected chi connectivity index (χ3v) is 4.49. The van der Waals surface area contributed by atoms with Crippen molar-refractivity contribution in [2.75, 3.05) is 0 Å². The van der Waals surface area contributed by atoms with Gasteiger partial charge in [-0.3, -0.25) is 4.98 Å². The molecule has 6 rings (SSSR count). The Bertz CT molecular complexity index is 798. The van der Waals surface area contributed by atoms with Crippen LogP contribution < -0.4 is 30.6 Å². The average Bonchev–Trinajstić information content (AvgIpc) is 2.55. The molecule has 0 amide bonds. The molecule has 4 nitrogen and oxygen atoms in total. The lowest BCUT2D eigenvalue weighted by atomic mass is 9.34. The highest BCUT2D eigenvalue weighted by Gasteiger charge is 2.46. The first kappa shape index (κ1) is 10.7. The van der Waals surface area contributed by atoms with E-state index in [2.05, 4.69) is 4.98 Å². The van der Waals surface area contributed by atoms with Crippen molar-refractivity contribution >= 4 is 23.1 Å². The van der Waals surface area contributed by atoms with Crippen molar-refractivity contribution in [1.29, 1.82) is 0 Å². The summed E-state index contributed by atoms with van der Waals surface area (Å²) in [4.78, 5) is 4.24. The van der Waals surface area contributed by atoms with Gasteiger partial charge in [-0.2, -0.15) is 0 Å². The fourth-order valence-electron chi connectivity index (χ4n) is 3.64. The van der Waals surface area contributed by atoms with Crippen LogP contribution in [-0.2, 0) is 0 Å². The lowest BCUT2D eigenvalue weighted by Gasteiger charge is -2.36. The number of hydrogen-bond acceptors (Lipinski definition) is 4. The minimum atomic E-state index is 0.0849. The van der Waals surface area contributed by atoms with E-state index in [1.807, 2.05) is 36.4 Å². The summed E-state index contributed by atoms with van der Waals surface area (Å²) in [6, 6.07) is 11.8. The molecule has 22 heavy (non-hydrogen) atoms. The van der Waals surface area contributed by atoms with E-state index in [0.717, 1.165) is 50.9 Å². The summed E-state index contributed by atoms with van der Waals surface area (Å²) in [6.45, 7) is 0.0849. The molecule has 0 saturated heterocycles. The molecule has 0 spiro atoms. The third-order valence-electron chi connectivity index (χ3n) is 4.49. The van der Waals surface area contributed by atoms with Crippen LogP contribution >= 0.6 is 0 Å². The first-order valence-electron chi connectivity index (χ1n) is 7.17. The first-order valence-corrected chi connectivity index (χ1v) is 7.17. The summed E-state index contributed by atoms with van der Waals surface area (Å²) < 4.78 is 18.1. The van der Waals surface area contributed by atoms with Gasteiger partial charge in [0.25, 0.3) is 6.71 Å². The molecule has 0 bridgehead atoms. The standard InChI is InChI=1S/C17H8BNO3/c1-3-9-15-11(5-1)21-13-7-19-8-14-17(13)18(15)16-10(20-9)4-2-6-12(16)22-14/h1-8H. The number of pyridine rings is 1. The van der Waals surface area contributed by atoms with Crippen LogP contribution in [0.15, 0.2) is 48.8 Å². The number of benzene rings is 2. The molecule has 0 saturated carbocycles. The van der Waals surface area contributed by atoms with E-state index in [1.54, 1.807) is 12.4 Å². The van der Waals surface area contributed by atoms with Gasteiger partial charge in [-0.05, 0) is 24.3 Å². The predicted molar refractivity (Wildman–Crippen MR) is 82.0 cm³/mol. The molecule has 0 unspecified atom stereocenters. The van der Waals surface area contributed by atoms with Gasteiger partial charge in [0.15, 0.2) is 0 Å². The quantitative estimate of drug-likeness (QED) is 0.400. The maximum atomic E-state index is 6.07. The molecule has 4 heterocycles. The molecule has 0 atom stereocenters. The first-order chi connectivity index (χ1) is 10.9. The maximum absolute atomic E-state index is 6.07. The van der Waals surface area contributed by atoms with Crippen LogP contribution in [0.3, 0.4) is 0 Å². The Kier molecular flexibility index (Phi) is 1.68. The van der Waals surface area contributed by atoms with Gasteiger partial charge in [0, 0.05) is 16.4 Å². The van der Waals surface area contributed by atoms with Crippen molar-refractivity contribution in [1.82, 2.24) is 4.98 Å². The molecule has 0 radical (unpaired) electrons. The van der Waals surface area contributed by atoms with Crippen LogP contribution in [0.25, 0.3) is 0 Å². The van der Waals surface area contributed by atoms with Gasteiger partial charge in [0.2, 0.25) is 0 Å². The number of hydrogen-bond donors (Lipinski definition) is 0. The van der Waals surface area contributed by atoms with Crippen molar-refractivity contribution < 1.29 is 14.2 Å². The van der Waals surface area contributed by atoms with Crippen molar-refractivity contribution in [2.24, 2.45) is 0 Å². The molecule has 3 aliphatic heterocycles. The van der Waals surface area contributed by atoms with Gasteiger partial charge in [0.1, 0.15) is 34.5 Å². The average molecular weight is 285 g/mol. The summed E-state index contributed by atoms with van der Waals surface area (Å²) in [5.41, 5.74) is 3.19. The Morgan fingerprint density at radius 3 is 1.50 bits per heavy atom. The zero-order valence-electron chi connectivity index (χ0n) is 11.4. The van der Waals surface area contributed by atoms with E-state index in [4.69, 9.17) is 14.2 Å². The molecule has 1 aromatic heterocycles. The molecule has 3 aliphatic rings. The maximum Gasteiger partial charge on any atom is 0.270 e. The molecular formula is C17H8BNO3. The lowest BCUT2D eigenvalue weighted by molar-refractivity contribution is 0.440. The Hall–Kier alpha value is -2.95. The second kappa shape index (κ2) is 3.44. The van der Waals surface area contributed by atoms with Gasteiger partial charge in [-0.15, -0.1) is 0 Å². The summed E-state index contributed by atoms with van der Waals surface area (Å²) >= 11 is 0. The molecular weight excluding hydrogens is 277 g/mol. The van der Waals surface area contributed by atoms with E-state index < -0.39 is 0 Å². The molecule has 0 fully saturated rings. The van der Waals surface area contributed by atoms with Gasteiger partial charge in [-0.1, -0.05) is 12.1 Å². The third kappa shape index (κ3) is 1.11. The molecule has 0 aliphatic carbocycles. The van der Waals surface area contributed by atoms with E-state index in [0.29, 0.717) is 0 Å². The van der Waals surface area contributed by atoms with Gasteiger partial charge >= 0.3 is 0 Å². The fraction of sp³-hybridized carbons (Fsp3) is 0. The SMILES string of the molecule is c1cc2c3c(c1)Oc1cncc4c1B3c1c(cccc1O4)O2. The van der Waals surface area contributed by atoms with Crippen LogP contribution in [0.1, 0.15) is 0 Å². The summed E-state index contributed by atoms with van der Waals surface area (Å²) in [6.07, 6.45) is 3.50. The molecule has 5 heteroatoms. The van der Waals surface area contributed by atoms with Crippen molar-refractivity contribution in [3.63, 3.8) is 0 Å². The number of ether oxygens (including phenoxy) is 3. The summed E-state index contributed by atoms with van der Waals surface area (Å²) in [7, 11) is 0. The van der Waals surface area contributed by atoms with E-state index in [9.17, 15) is 0 Å². The van der Waals surface area contributed by atoms with Crippen LogP contribution in [0.5, 0.6) is 34.5 Å². The molecule has 2 aromatic carbocycles. The second-order valence-electron chi connectivity index (χ2n) is 5.62. The zero-order chi connectivity index (χ0) is 14.3. The van der Waals surface area contributed by atoms with Crippen LogP contribution in [0, 0.1) is 0 Å². The van der Waals surface area contributed by atoms with E-state index in [1.165, 1.54) is 0 Å². The predicted octanol–water partition coefficient (Wildman–Crippen LogP) is 1.91. The topological polar surface area (TPSA) is 40.6 Å². The monoisotopic (exact) mass is 285 g/mol. The highest BCUT2D eigenvalue weighted by Crippen LogP contribution is 2.40. The smallest absolute Gasteiger partial charge is 0.270 e. The second-order valence-corrected chi connectivity index (χ2v) is 5.62. The zero-order valence-corrected chi connectivity index (χ0v) is 11.4. The number of aromatic nitrogens is 1. The number of nitrogens with zero attached hydrogens (tertiary/aromatic N) is 1. The van der Waals surface area contributed by atoms with E-state index >= 15 is 0 Å². The largest absolute Gasteiger partial charge is 0.458 e. The van der Waals surface area contributed by atoms with Crippen molar-refractivity contribution in [3.8, 4) is 34.5 Å². The molecule has 102 valence electrons. The normalized spacial score (nSPS) is 14.5. The van der Waals surface area contributed by atoms with Gasteiger partial charge in [0.05, 0.1) is 12.4 Å². The van der Waals surface area contributed by atoms with E-state index in [-0.39, 0.29) is 6.71 Å². The highest BCUT2D eigenvalue weighted by atomic mass is 16.5. The Morgan fingerprint density at radius 1 is 0.591 bits per heavy atom. The molecule has 0 N–H and O–H groups in total. The highest BCUT2D eigenvalue weighted by molar-refractivity contribution is 6.99. The Labute approximate surface area is 126 Å². The van der Waals surface area contributed by atoms with Crippen LogP contribution in [0.2, 0.25) is 0 Å². The lowest BCUT2D eigenvalue weighted by Crippen LogP contribution is -2.59. The molecule has 3 aromatic rings. The summed E-state index contributed by atoms with van der Waals surface area (Å²) in [5, 5.41) is 0. The Balaban J connectivity index is 1.80. The van der Waals surface area contributed by atoms with Crippen LogP contribution in [-0.4, -0.2) is 11.7 Å².